The zero-order valence-corrected chi connectivity index (χ0v) is 19.0. The van der Waals surface area contributed by atoms with Gasteiger partial charge in [-0.3, -0.25) is 0 Å². The Hall–Kier alpha value is -4.05. The molecule has 1 unspecified atom stereocenters. The second kappa shape index (κ2) is 11.6. The number of esters is 3. The maximum Gasteiger partial charge on any atom is 0.338 e. The normalized spacial score (nSPS) is 21.8. The standard InChI is InChI=1S/C27H24O9/c28-21-23(36-26(31)19-14-8-3-9-15-19)22(35-27(21)32)20(34-25(30)18-12-6-2-7-13-18)16-33-24(29)17-10-4-1-5-11-17/h1-15,20-23,27-28,32H,16H2/t20-,21-,22-,23-,27?/m1/s1. The van der Waals surface area contributed by atoms with Gasteiger partial charge in [0, 0.05) is 0 Å². The molecule has 0 bridgehead atoms. The molecule has 1 saturated heterocycles. The highest BCUT2D eigenvalue weighted by Gasteiger charge is 2.51. The van der Waals surface area contributed by atoms with Crippen LogP contribution in [0.15, 0.2) is 91.0 Å². The Morgan fingerprint density at radius 1 is 0.722 bits per heavy atom. The highest BCUT2D eigenvalue weighted by atomic mass is 16.7. The topological polar surface area (TPSA) is 129 Å². The van der Waals surface area contributed by atoms with Crippen molar-refractivity contribution in [1.82, 2.24) is 0 Å². The van der Waals surface area contributed by atoms with Crippen molar-refractivity contribution in [3.63, 3.8) is 0 Å². The first kappa shape index (κ1) is 25.1. The van der Waals surface area contributed by atoms with Gasteiger partial charge in [0.15, 0.2) is 18.5 Å². The predicted octanol–water partition coefficient (Wildman–Crippen LogP) is 2.37. The fourth-order valence-electron chi connectivity index (χ4n) is 3.67. The van der Waals surface area contributed by atoms with E-state index in [-0.39, 0.29) is 16.7 Å². The van der Waals surface area contributed by atoms with Gasteiger partial charge < -0.3 is 29.2 Å². The molecule has 9 heteroatoms. The molecule has 0 spiro atoms. The molecule has 5 atom stereocenters. The summed E-state index contributed by atoms with van der Waals surface area (Å²) in [5.41, 5.74) is 0.692. The van der Waals surface area contributed by atoms with E-state index in [9.17, 15) is 24.6 Å². The average molecular weight is 492 g/mol. The molecule has 3 aromatic rings. The van der Waals surface area contributed by atoms with Crippen LogP contribution in [-0.4, -0.2) is 65.4 Å². The predicted molar refractivity (Wildman–Crippen MR) is 125 cm³/mol. The fraction of sp³-hybridized carbons (Fsp3) is 0.222. The van der Waals surface area contributed by atoms with Crippen LogP contribution in [0.4, 0.5) is 0 Å². The van der Waals surface area contributed by atoms with Crippen LogP contribution in [0.3, 0.4) is 0 Å². The molecule has 1 fully saturated rings. The number of carbonyl (C=O) groups is 3. The second-order valence-corrected chi connectivity index (χ2v) is 7.99. The van der Waals surface area contributed by atoms with Crippen LogP contribution in [0.5, 0.6) is 0 Å². The van der Waals surface area contributed by atoms with Gasteiger partial charge in [-0.25, -0.2) is 14.4 Å². The average Bonchev–Trinajstić information content (AvgIpc) is 3.20. The largest absolute Gasteiger partial charge is 0.458 e. The lowest BCUT2D eigenvalue weighted by atomic mass is 10.1. The summed E-state index contributed by atoms with van der Waals surface area (Å²) >= 11 is 0. The summed E-state index contributed by atoms with van der Waals surface area (Å²) in [6, 6.07) is 24.3. The molecule has 36 heavy (non-hydrogen) atoms. The molecule has 1 aliphatic heterocycles. The number of aliphatic hydroxyl groups is 2. The summed E-state index contributed by atoms with van der Waals surface area (Å²) in [7, 11) is 0. The van der Waals surface area contributed by atoms with Crippen molar-refractivity contribution < 1.29 is 43.5 Å². The van der Waals surface area contributed by atoms with Crippen molar-refractivity contribution in [2.24, 2.45) is 0 Å². The lowest BCUT2D eigenvalue weighted by Crippen LogP contribution is -2.46. The van der Waals surface area contributed by atoms with Gasteiger partial charge in [0.25, 0.3) is 0 Å². The summed E-state index contributed by atoms with van der Waals surface area (Å²) < 4.78 is 21.8. The van der Waals surface area contributed by atoms with Gasteiger partial charge in [0.05, 0.1) is 16.7 Å². The summed E-state index contributed by atoms with van der Waals surface area (Å²) in [5.74, 6) is -2.23. The number of rotatable bonds is 8. The summed E-state index contributed by atoms with van der Waals surface area (Å²) in [5, 5.41) is 20.6. The van der Waals surface area contributed by atoms with Gasteiger partial charge in [-0.15, -0.1) is 0 Å². The molecule has 2 N–H and O–H groups in total. The van der Waals surface area contributed by atoms with Crippen molar-refractivity contribution in [3.05, 3.63) is 108 Å². The highest BCUT2D eigenvalue weighted by molar-refractivity contribution is 5.90. The molecule has 1 heterocycles. The molecular formula is C27H24O9. The van der Waals surface area contributed by atoms with E-state index < -0.39 is 55.2 Å². The molecule has 9 nitrogen and oxygen atoms in total. The van der Waals surface area contributed by atoms with Crippen LogP contribution < -0.4 is 0 Å². The minimum atomic E-state index is -1.73. The van der Waals surface area contributed by atoms with Gasteiger partial charge in [-0.2, -0.15) is 0 Å². The first-order chi connectivity index (χ1) is 17.4. The minimum Gasteiger partial charge on any atom is -0.458 e. The van der Waals surface area contributed by atoms with E-state index in [4.69, 9.17) is 18.9 Å². The number of carbonyl (C=O) groups excluding carboxylic acids is 3. The maximum absolute atomic E-state index is 12.8. The molecule has 1 aliphatic rings. The van der Waals surface area contributed by atoms with Crippen LogP contribution in [0.25, 0.3) is 0 Å². The quantitative estimate of drug-likeness (QED) is 0.360. The summed E-state index contributed by atoms with van der Waals surface area (Å²) in [6.07, 6.45) is -7.45. The molecule has 4 rings (SSSR count). The van der Waals surface area contributed by atoms with Gasteiger partial charge in [0.2, 0.25) is 0 Å². The Kier molecular flexibility index (Phi) is 8.06. The molecule has 0 aliphatic carbocycles. The van der Waals surface area contributed by atoms with Crippen LogP contribution >= 0.6 is 0 Å². The SMILES string of the molecule is O=C(OC[C@@H](OC(=O)c1ccccc1)[C@H]1OC(O)[C@H](O)[C@H]1OC(=O)c1ccccc1)c1ccccc1. The third-order valence-corrected chi connectivity index (χ3v) is 5.52. The first-order valence-corrected chi connectivity index (χ1v) is 11.2. The maximum atomic E-state index is 12.8. The minimum absolute atomic E-state index is 0.207. The molecule has 186 valence electrons. The van der Waals surface area contributed by atoms with Gasteiger partial charge in [-0.05, 0) is 36.4 Å². The van der Waals surface area contributed by atoms with Crippen LogP contribution in [0.1, 0.15) is 31.1 Å². The Labute approximate surface area is 206 Å². The van der Waals surface area contributed by atoms with Crippen molar-refractivity contribution in [2.45, 2.75) is 30.7 Å². The molecular weight excluding hydrogens is 468 g/mol. The van der Waals surface area contributed by atoms with Crippen LogP contribution in [-0.2, 0) is 18.9 Å². The van der Waals surface area contributed by atoms with E-state index in [2.05, 4.69) is 0 Å². The fourth-order valence-corrected chi connectivity index (χ4v) is 3.67. The van der Waals surface area contributed by atoms with Crippen molar-refractivity contribution >= 4 is 17.9 Å². The van der Waals surface area contributed by atoms with Gasteiger partial charge in [-0.1, -0.05) is 54.6 Å². The third-order valence-electron chi connectivity index (χ3n) is 5.52. The monoisotopic (exact) mass is 492 g/mol. The smallest absolute Gasteiger partial charge is 0.338 e. The van der Waals surface area contributed by atoms with Crippen LogP contribution in [0, 0.1) is 0 Å². The third kappa shape index (κ3) is 5.95. The van der Waals surface area contributed by atoms with Crippen LogP contribution in [0.2, 0.25) is 0 Å². The highest BCUT2D eigenvalue weighted by Crippen LogP contribution is 2.28. The van der Waals surface area contributed by atoms with Gasteiger partial charge in [0.1, 0.15) is 18.8 Å². The van der Waals surface area contributed by atoms with Crippen molar-refractivity contribution in [3.8, 4) is 0 Å². The summed E-state index contributed by atoms with van der Waals surface area (Å²) in [4.78, 5) is 37.9. The second-order valence-electron chi connectivity index (χ2n) is 7.99. The van der Waals surface area contributed by atoms with E-state index in [1.54, 1.807) is 66.7 Å². The number of hydrogen-bond acceptors (Lipinski definition) is 9. The Bertz CT molecular complexity index is 1170. The van der Waals surface area contributed by atoms with Crippen molar-refractivity contribution in [2.75, 3.05) is 6.61 Å². The molecule has 0 amide bonds. The number of ether oxygens (including phenoxy) is 4. The molecule has 0 aromatic heterocycles. The van der Waals surface area contributed by atoms with Crippen molar-refractivity contribution in [1.29, 1.82) is 0 Å². The van der Waals surface area contributed by atoms with Gasteiger partial charge >= 0.3 is 17.9 Å². The molecule has 3 aromatic carbocycles. The van der Waals surface area contributed by atoms with E-state index in [0.29, 0.717) is 0 Å². The first-order valence-electron chi connectivity index (χ1n) is 11.2. The zero-order chi connectivity index (χ0) is 25.5. The number of benzene rings is 3. The Morgan fingerprint density at radius 3 is 1.72 bits per heavy atom. The molecule has 0 saturated carbocycles. The lowest BCUT2D eigenvalue weighted by molar-refractivity contribution is -0.152. The Balaban J connectivity index is 1.56. The molecule has 0 radical (unpaired) electrons. The summed E-state index contributed by atoms with van der Waals surface area (Å²) in [6.45, 7) is -0.490. The number of hydrogen-bond donors (Lipinski definition) is 2. The zero-order valence-electron chi connectivity index (χ0n) is 19.0. The van der Waals surface area contributed by atoms with E-state index in [0.717, 1.165) is 0 Å². The lowest BCUT2D eigenvalue weighted by Gasteiger charge is -2.27. The Morgan fingerprint density at radius 2 is 1.19 bits per heavy atom. The van der Waals surface area contributed by atoms with E-state index >= 15 is 0 Å². The number of aliphatic hydroxyl groups excluding tert-OH is 2. The van der Waals surface area contributed by atoms with E-state index in [1.807, 2.05) is 0 Å². The van der Waals surface area contributed by atoms with E-state index in [1.165, 1.54) is 24.3 Å².